The van der Waals surface area contributed by atoms with Crippen LogP contribution in [-0.4, -0.2) is 35.7 Å². The molecule has 0 aliphatic carbocycles. The Kier molecular flexibility index (Phi) is 14.2. The maximum absolute atomic E-state index is 9.11. The number of ether oxygens (including phenoxy) is 1. The van der Waals surface area contributed by atoms with Gasteiger partial charge in [0.2, 0.25) is 0 Å². The Labute approximate surface area is 116 Å². The normalized spacial score (nSPS) is 12.9. The van der Waals surface area contributed by atoms with Crippen molar-refractivity contribution in [2.75, 3.05) is 19.2 Å². The molecule has 0 aliphatic heterocycles. The number of nitrogens with zero attached hydrogens (tertiary/aromatic N) is 1. The van der Waals surface area contributed by atoms with Crippen molar-refractivity contribution in [1.82, 2.24) is 0 Å². The molecule has 0 spiro atoms. The first kappa shape index (κ1) is 19.8. The van der Waals surface area contributed by atoms with Crippen LogP contribution in [0.3, 0.4) is 0 Å². The lowest BCUT2D eigenvalue weighted by Gasteiger charge is -2.21. The van der Waals surface area contributed by atoms with Gasteiger partial charge < -0.3 is 9.84 Å². The standard InChI is InChI=1S/C10H19NO2S2.CO2/c1-4-10(5-11,6-12)7-13-8-14-15-9(2)3;2-1-3/h9,12H,4,6-8H2,1-3H3;. The van der Waals surface area contributed by atoms with Crippen molar-refractivity contribution < 1.29 is 19.4 Å². The van der Waals surface area contributed by atoms with Gasteiger partial charge in [0.25, 0.3) is 0 Å². The van der Waals surface area contributed by atoms with Crippen LogP contribution in [0.1, 0.15) is 27.2 Å². The molecule has 0 bridgehead atoms. The van der Waals surface area contributed by atoms with E-state index < -0.39 is 5.41 Å². The highest BCUT2D eigenvalue weighted by Gasteiger charge is 2.27. The number of hydrogen-bond acceptors (Lipinski definition) is 7. The number of rotatable bonds is 8. The molecule has 0 amide bonds. The summed E-state index contributed by atoms with van der Waals surface area (Å²) in [5.41, 5.74) is -0.719. The van der Waals surface area contributed by atoms with Gasteiger partial charge in [0.05, 0.1) is 19.3 Å². The highest BCUT2D eigenvalue weighted by Crippen LogP contribution is 2.27. The van der Waals surface area contributed by atoms with E-state index in [4.69, 9.17) is 24.7 Å². The molecule has 18 heavy (non-hydrogen) atoms. The fourth-order valence-corrected chi connectivity index (χ4v) is 2.51. The third-order valence-electron chi connectivity index (χ3n) is 1.99. The molecular formula is C11H19NO4S2. The Morgan fingerprint density at radius 3 is 2.33 bits per heavy atom. The van der Waals surface area contributed by atoms with Gasteiger partial charge in [-0.15, -0.1) is 0 Å². The fourth-order valence-electron chi connectivity index (χ4n) is 0.841. The monoisotopic (exact) mass is 293 g/mol. The molecule has 0 aromatic heterocycles. The highest BCUT2D eigenvalue weighted by molar-refractivity contribution is 8.76. The Morgan fingerprint density at radius 2 is 2.00 bits per heavy atom. The quantitative estimate of drug-likeness (QED) is 0.416. The Hall–Kier alpha value is -0.510. The summed E-state index contributed by atoms with van der Waals surface area (Å²) >= 11 is 0. The minimum Gasteiger partial charge on any atom is -0.395 e. The van der Waals surface area contributed by atoms with Crippen LogP contribution in [0, 0.1) is 16.7 Å². The molecule has 0 radical (unpaired) electrons. The van der Waals surface area contributed by atoms with E-state index in [0.717, 1.165) is 0 Å². The maximum atomic E-state index is 9.11. The Morgan fingerprint density at radius 1 is 1.44 bits per heavy atom. The summed E-state index contributed by atoms with van der Waals surface area (Å²) in [7, 11) is 3.39. The summed E-state index contributed by atoms with van der Waals surface area (Å²) < 4.78 is 5.38. The highest BCUT2D eigenvalue weighted by atomic mass is 33.1. The second-order valence-corrected chi connectivity index (χ2v) is 6.61. The second kappa shape index (κ2) is 12.9. The van der Waals surface area contributed by atoms with E-state index in [-0.39, 0.29) is 12.8 Å². The number of aliphatic hydroxyl groups is 1. The van der Waals surface area contributed by atoms with E-state index in [9.17, 15) is 0 Å². The van der Waals surface area contributed by atoms with Crippen molar-refractivity contribution in [2.45, 2.75) is 32.4 Å². The largest absolute Gasteiger partial charge is 0.395 e. The van der Waals surface area contributed by atoms with Crippen LogP contribution in [0.4, 0.5) is 0 Å². The predicted molar refractivity (Wildman–Crippen MR) is 71.6 cm³/mol. The Balaban J connectivity index is 0. The third kappa shape index (κ3) is 10.6. The zero-order valence-corrected chi connectivity index (χ0v) is 12.5. The van der Waals surface area contributed by atoms with Crippen molar-refractivity contribution in [1.29, 1.82) is 5.26 Å². The van der Waals surface area contributed by atoms with Crippen LogP contribution in [0.2, 0.25) is 0 Å². The molecule has 0 saturated carbocycles. The lowest BCUT2D eigenvalue weighted by Crippen LogP contribution is -2.28. The molecule has 0 aromatic rings. The van der Waals surface area contributed by atoms with Gasteiger partial charge in [-0.3, -0.25) is 0 Å². The SMILES string of the molecule is CCC(C#N)(CO)COCSSC(C)C.O=C=O. The molecule has 1 atom stereocenters. The van der Waals surface area contributed by atoms with E-state index in [0.29, 0.717) is 24.2 Å². The molecule has 0 rings (SSSR count). The van der Waals surface area contributed by atoms with Crippen LogP contribution < -0.4 is 0 Å². The van der Waals surface area contributed by atoms with E-state index in [1.807, 2.05) is 6.92 Å². The number of carbonyl (C=O) groups excluding carboxylic acids is 2. The van der Waals surface area contributed by atoms with Crippen molar-refractivity contribution in [2.24, 2.45) is 5.41 Å². The van der Waals surface area contributed by atoms with Gasteiger partial charge in [0, 0.05) is 5.25 Å². The minimum atomic E-state index is -0.719. The lowest BCUT2D eigenvalue weighted by molar-refractivity contribution is -0.191. The van der Waals surface area contributed by atoms with E-state index in [1.54, 1.807) is 21.6 Å². The van der Waals surface area contributed by atoms with Gasteiger partial charge in [0.15, 0.2) is 0 Å². The summed E-state index contributed by atoms with van der Waals surface area (Å²) in [6, 6.07) is 2.12. The van der Waals surface area contributed by atoms with Crippen LogP contribution >= 0.6 is 21.6 Å². The van der Waals surface area contributed by atoms with Crippen molar-refractivity contribution >= 4 is 27.7 Å². The van der Waals surface area contributed by atoms with Crippen molar-refractivity contribution in [3.8, 4) is 6.07 Å². The second-order valence-electron chi connectivity index (χ2n) is 3.72. The zero-order valence-electron chi connectivity index (χ0n) is 10.8. The summed E-state index contributed by atoms with van der Waals surface area (Å²) in [5.74, 6) is 0.562. The molecule has 0 saturated heterocycles. The smallest absolute Gasteiger partial charge is 0.373 e. The topological polar surface area (TPSA) is 87.4 Å². The summed E-state index contributed by atoms with van der Waals surface area (Å²) in [6.07, 6.45) is 0.863. The average Bonchev–Trinajstić information content (AvgIpc) is 2.35. The Bertz CT molecular complexity index is 269. The molecule has 7 heteroatoms. The van der Waals surface area contributed by atoms with Crippen molar-refractivity contribution in [3.63, 3.8) is 0 Å². The zero-order chi connectivity index (χ0) is 14.4. The first-order valence-corrected chi connectivity index (χ1v) is 7.77. The molecule has 0 heterocycles. The lowest BCUT2D eigenvalue weighted by atomic mass is 9.89. The maximum Gasteiger partial charge on any atom is 0.373 e. The van der Waals surface area contributed by atoms with E-state index >= 15 is 0 Å². The molecule has 1 N–H and O–H groups in total. The van der Waals surface area contributed by atoms with Gasteiger partial charge >= 0.3 is 6.15 Å². The molecule has 104 valence electrons. The van der Waals surface area contributed by atoms with Gasteiger partial charge in [-0.2, -0.15) is 14.9 Å². The van der Waals surface area contributed by atoms with Crippen LogP contribution in [-0.2, 0) is 14.3 Å². The molecule has 1 unspecified atom stereocenters. The average molecular weight is 293 g/mol. The summed E-state index contributed by atoms with van der Waals surface area (Å²) in [6.45, 7) is 6.30. The van der Waals surface area contributed by atoms with Gasteiger partial charge in [-0.05, 0) is 6.42 Å². The first-order valence-electron chi connectivity index (χ1n) is 5.39. The van der Waals surface area contributed by atoms with Crippen LogP contribution in [0.5, 0.6) is 0 Å². The van der Waals surface area contributed by atoms with Crippen LogP contribution in [0.15, 0.2) is 0 Å². The molecule has 0 aromatic carbocycles. The van der Waals surface area contributed by atoms with E-state index in [1.165, 1.54) is 0 Å². The van der Waals surface area contributed by atoms with E-state index in [2.05, 4.69) is 19.9 Å². The molecule has 0 aliphatic rings. The number of aliphatic hydroxyl groups excluding tert-OH is 1. The van der Waals surface area contributed by atoms with Gasteiger partial charge in [0.1, 0.15) is 11.4 Å². The predicted octanol–water partition coefficient (Wildman–Crippen LogP) is 2.08. The number of hydrogen-bond donors (Lipinski definition) is 1. The number of nitriles is 1. The summed E-state index contributed by atoms with van der Waals surface area (Å²) in [5, 5.41) is 18.6. The van der Waals surface area contributed by atoms with Crippen LogP contribution in [0.25, 0.3) is 0 Å². The molecule has 5 nitrogen and oxygen atoms in total. The van der Waals surface area contributed by atoms with Crippen molar-refractivity contribution in [3.05, 3.63) is 0 Å². The minimum absolute atomic E-state index is 0.137. The first-order chi connectivity index (χ1) is 8.51. The summed E-state index contributed by atoms with van der Waals surface area (Å²) in [4.78, 5) is 16.2. The third-order valence-corrected chi connectivity index (χ3v) is 4.62. The van der Waals surface area contributed by atoms with Gasteiger partial charge in [-0.25, -0.2) is 0 Å². The van der Waals surface area contributed by atoms with Gasteiger partial charge in [-0.1, -0.05) is 42.4 Å². The fraction of sp³-hybridized carbons (Fsp3) is 0.818. The molecule has 0 fully saturated rings. The molecular weight excluding hydrogens is 274 g/mol.